The maximum atomic E-state index is 13.6. The number of rotatable bonds is 4. The summed E-state index contributed by atoms with van der Waals surface area (Å²) in [6.07, 6.45) is 0. The Bertz CT molecular complexity index is 1030. The van der Waals surface area contributed by atoms with E-state index in [0.29, 0.717) is 11.1 Å². The van der Waals surface area contributed by atoms with Crippen LogP contribution in [0.15, 0.2) is 59.4 Å². The summed E-state index contributed by atoms with van der Waals surface area (Å²) in [4.78, 5) is 24.3. The fourth-order valence-electron chi connectivity index (χ4n) is 2.36. The zero-order chi connectivity index (χ0) is 18.7. The first-order chi connectivity index (χ1) is 12.4. The maximum absolute atomic E-state index is 13.6. The lowest BCUT2D eigenvalue weighted by molar-refractivity contribution is 0.102. The van der Waals surface area contributed by atoms with E-state index in [2.05, 4.69) is 10.4 Å². The minimum atomic E-state index is -0.582. The van der Waals surface area contributed by atoms with Crippen molar-refractivity contribution in [1.82, 2.24) is 9.78 Å². The minimum absolute atomic E-state index is 0.0120. The number of nitrogens with zero attached hydrogens (tertiary/aromatic N) is 2. The molecule has 0 unspecified atom stereocenters. The van der Waals surface area contributed by atoms with Crippen molar-refractivity contribution in [3.05, 3.63) is 93.4 Å². The van der Waals surface area contributed by atoms with Crippen molar-refractivity contribution < 1.29 is 13.6 Å². The third-order valence-corrected chi connectivity index (χ3v) is 3.75. The van der Waals surface area contributed by atoms with Crippen molar-refractivity contribution >= 4 is 11.6 Å². The van der Waals surface area contributed by atoms with Crippen molar-refractivity contribution in [2.45, 2.75) is 13.5 Å². The summed E-state index contributed by atoms with van der Waals surface area (Å²) < 4.78 is 27.9. The number of benzene rings is 2. The molecule has 0 aliphatic heterocycles. The Morgan fingerprint density at radius 3 is 2.65 bits per heavy atom. The number of halogens is 2. The number of nitrogens with one attached hydrogen (secondary N) is 1. The lowest BCUT2D eigenvalue weighted by Crippen LogP contribution is -2.26. The second-order valence-electron chi connectivity index (χ2n) is 5.76. The van der Waals surface area contributed by atoms with E-state index >= 15 is 0 Å². The highest BCUT2D eigenvalue weighted by Crippen LogP contribution is 2.14. The fourth-order valence-corrected chi connectivity index (χ4v) is 2.36. The van der Waals surface area contributed by atoms with Crippen LogP contribution < -0.4 is 10.9 Å². The molecule has 0 spiro atoms. The summed E-state index contributed by atoms with van der Waals surface area (Å²) in [5, 5.41) is 6.54. The molecule has 1 heterocycles. The molecule has 0 fully saturated rings. The van der Waals surface area contributed by atoms with E-state index < -0.39 is 23.1 Å². The number of carbonyl (C=O) groups is 1. The van der Waals surface area contributed by atoms with Gasteiger partial charge in [0.1, 0.15) is 17.3 Å². The van der Waals surface area contributed by atoms with Crippen LogP contribution in [-0.2, 0) is 6.54 Å². The SMILES string of the molecule is Cc1ccc(NC(=O)c2ccc(=O)n(Cc3cccc(F)c3)n2)cc1F. The van der Waals surface area contributed by atoms with E-state index in [4.69, 9.17) is 0 Å². The van der Waals surface area contributed by atoms with Gasteiger partial charge in [-0.15, -0.1) is 0 Å². The number of aromatic nitrogens is 2. The van der Waals surface area contributed by atoms with Crippen LogP contribution in [0.25, 0.3) is 0 Å². The van der Waals surface area contributed by atoms with E-state index in [1.165, 1.54) is 36.4 Å². The van der Waals surface area contributed by atoms with Gasteiger partial charge in [-0.3, -0.25) is 9.59 Å². The third kappa shape index (κ3) is 4.00. The molecule has 0 bridgehead atoms. The molecule has 1 aromatic heterocycles. The molecule has 0 saturated carbocycles. The Labute approximate surface area is 147 Å². The monoisotopic (exact) mass is 355 g/mol. The Morgan fingerprint density at radius 1 is 1.12 bits per heavy atom. The zero-order valence-electron chi connectivity index (χ0n) is 13.9. The molecular weight excluding hydrogens is 340 g/mol. The minimum Gasteiger partial charge on any atom is -0.320 e. The number of amides is 1. The molecule has 7 heteroatoms. The van der Waals surface area contributed by atoms with Gasteiger partial charge in [0.2, 0.25) is 0 Å². The lowest BCUT2D eigenvalue weighted by Gasteiger charge is -2.09. The lowest BCUT2D eigenvalue weighted by atomic mass is 10.2. The van der Waals surface area contributed by atoms with E-state index in [-0.39, 0.29) is 17.9 Å². The van der Waals surface area contributed by atoms with Gasteiger partial charge in [0.15, 0.2) is 0 Å². The molecule has 3 rings (SSSR count). The van der Waals surface area contributed by atoms with Crippen molar-refractivity contribution in [1.29, 1.82) is 0 Å². The van der Waals surface area contributed by atoms with Crippen molar-refractivity contribution in [2.24, 2.45) is 0 Å². The number of aryl methyl sites for hydroxylation is 1. The summed E-state index contributed by atoms with van der Waals surface area (Å²) in [7, 11) is 0. The smallest absolute Gasteiger partial charge is 0.276 e. The molecule has 2 aromatic carbocycles. The second kappa shape index (κ2) is 7.26. The molecule has 132 valence electrons. The Balaban J connectivity index is 1.83. The van der Waals surface area contributed by atoms with Gasteiger partial charge in [-0.1, -0.05) is 18.2 Å². The number of anilines is 1. The van der Waals surface area contributed by atoms with Crippen molar-refractivity contribution in [3.8, 4) is 0 Å². The Hall–Kier alpha value is -3.35. The van der Waals surface area contributed by atoms with Gasteiger partial charge >= 0.3 is 0 Å². The highest BCUT2D eigenvalue weighted by atomic mass is 19.1. The van der Waals surface area contributed by atoms with Crippen LogP contribution in [0.1, 0.15) is 21.6 Å². The first-order valence-electron chi connectivity index (χ1n) is 7.82. The molecule has 0 saturated heterocycles. The van der Waals surface area contributed by atoms with E-state index in [9.17, 15) is 18.4 Å². The fraction of sp³-hybridized carbons (Fsp3) is 0.105. The second-order valence-corrected chi connectivity index (χ2v) is 5.76. The highest BCUT2D eigenvalue weighted by Gasteiger charge is 2.11. The molecule has 1 amide bonds. The van der Waals surface area contributed by atoms with E-state index in [0.717, 1.165) is 4.68 Å². The van der Waals surface area contributed by atoms with Gasteiger partial charge in [-0.2, -0.15) is 5.10 Å². The topological polar surface area (TPSA) is 64.0 Å². The summed E-state index contributed by atoms with van der Waals surface area (Å²) in [5.74, 6) is -1.45. The van der Waals surface area contributed by atoms with Gasteiger partial charge in [-0.05, 0) is 48.4 Å². The molecule has 0 aliphatic carbocycles. The number of carbonyl (C=O) groups excluding carboxylic acids is 1. The number of hydrogen-bond acceptors (Lipinski definition) is 3. The molecule has 0 atom stereocenters. The quantitative estimate of drug-likeness (QED) is 0.782. The summed E-state index contributed by atoms with van der Waals surface area (Å²) in [6.45, 7) is 1.64. The first-order valence-corrected chi connectivity index (χ1v) is 7.82. The van der Waals surface area contributed by atoms with Gasteiger partial charge in [0, 0.05) is 11.8 Å². The summed E-state index contributed by atoms with van der Waals surface area (Å²) >= 11 is 0. The van der Waals surface area contributed by atoms with Crippen molar-refractivity contribution in [3.63, 3.8) is 0 Å². The van der Waals surface area contributed by atoms with Crippen LogP contribution in [0, 0.1) is 18.6 Å². The van der Waals surface area contributed by atoms with E-state index in [1.807, 2.05) is 0 Å². The molecule has 0 radical (unpaired) electrons. The highest BCUT2D eigenvalue weighted by molar-refractivity contribution is 6.02. The molecule has 3 aromatic rings. The predicted octanol–water partition coefficient (Wildman–Crippen LogP) is 3.13. The van der Waals surface area contributed by atoms with Gasteiger partial charge in [0.25, 0.3) is 11.5 Å². The molecule has 5 nitrogen and oxygen atoms in total. The Kier molecular flexibility index (Phi) is 4.88. The average molecular weight is 355 g/mol. The molecular formula is C19H15F2N3O2. The van der Waals surface area contributed by atoms with Crippen LogP contribution in [-0.4, -0.2) is 15.7 Å². The van der Waals surface area contributed by atoms with Crippen LogP contribution in [0.3, 0.4) is 0 Å². The zero-order valence-corrected chi connectivity index (χ0v) is 13.9. The predicted molar refractivity (Wildman–Crippen MR) is 93.1 cm³/mol. The summed E-state index contributed by atoms with van der Waals surface area (Å²) in [5.41, 5.74) is 0.847. The summed E-state index contributed by atoms with van der Waals surface area (Å²) in [6, 6.07) is 12.6. The first kappa shape index (κ1) is 17.5. The van der Waals surface area contributed by atoms with Crippen LogP contribution in [0.5, 0.6) is 0 Å². The molecule has 0 aliphatic rings. The van der Waals surface area contributed by atoms with Crippen molar-refractivity contribution in [2.75, 3.05) is 5.32 Å². The van der Waals surface area contributed by atoms with Gasteiger partial charge < -0.3 is 5.32 Å². The standard InChI is InChI=1S/C19H15F2N3O2/c1-12-5-6-15(10-16(12)21)22-19(26)17-7-8-18(25)24(23-17)11-13-3-2-4-14(20)9-13/h2-10H,11H2,1H3,(H,22,26). The van der Waals surface area contributed by atoms with Gasteiger partial charge in [0.05, 0.1) is 6.54 Å². The largest absolute Gasteiger partial charge is 0.320 e. The maximum Gasteiger partial charge on any atom is 0.276 e. The molecule has 26 heavy (non-hydrogen) atoms. The van der Waals surface area contributed by atoms with Gasteiger partial charge in [-0.25, -0.2) is 13.5 Å². The third-order valence-electron chi connectivity index (χ3n) is 3.75. The van der Waals surface area contributed by atoms with Crippen LogP contribution in [0.4, 0.5) is 14.5 Å². The van der Waals surface area contributed by atoms with Crippen LogP contribution >= 0.6 is 0 Å². The molecule has 1 N–H and O–H groups in total. The Morgan fingerprint density at radius 2 is 1.92 bits per heavy atom. The number of hydrogen-bond donors (Lipinski definition) is 1. The van der Waals surface area contributed by atoms with Crippen LogP contribution in [0.2, 0.25) is 0 Å². The van der Waals surface area contributed by atoms with E-state index in [1.54, 1.807) is 25.1 Å². The normalized spacial score (nSPS) is 10.6. The average Bonchev–Trinajstić information content (AvgIpc) is 2.60.